The molecule has 0 aliphatic carbocycles. The molecule has 1 unspecified atom stereocenters. The van der Waals surface area contributed by atoms with Crippen molar-refractivity contribution in [3.05, 3.63) is 35.9 Å². The van der Waals surface area contributed by atoms with E-state index in [1.165, 1.54) is 0 Å². The Labute approximate surface area is 122 Å². The van der Waals surface area contributed by atoms with Gasteiger partial charge < -0.3 is 16.2 Å². The molecule has 1 heterocycles. The Morgan fingerprint density at radius 3 is 2.76 bits per heavy atom. The number of hydrogen-bond acceptors (Lipinski definition) is 4. The van der Waals surface area contributed by atoms with Gasteiger partial charge in [0.05, 0.1) is 17.0 Å². The maximum atomic E-state index is 11.5. The van der Waals surface area contributed by atoms with E-state index >= 15 is 0 Å². The van der Waals surface area contributed by atoms with Gasteiger partial charge in [-0.3, -0.25) is 9.59 Å². The first-order valence-electron chi connectivity index (χ1n) is 6.65. The van der Waals surface area contributed by atoms with Gasteiger partial charge >= 0.3 is 5.97 Å². The molecule has 2 rings (SSSR count). The lowest BCUT2D eigenvalue weighted by Crippen LogP contribution is -2.16. The summed E-state index contributed by atoms with van der Waals surface area (Å²) in [7, 11) is 0. The first kappa shape index (κ1) is 14.8. The summed E-state index contributed by atoms with van der Waals surface area (Å²) in [5.74, 6) is -1.27. The number of aliphatic carboxylic acids is 1. The quantitative estimate of drug-likeness (QED) is 0.752. The predicted molar refractivity (Wildman–Crippen MR) is 80.2 cm³/mol. The Morgan fingerprint density at radius 2 is 2.10 bits per heavy atom. The molecule has 1 aromatic carbocycles. The molecule has 0 bridgehead atoms. The third-order valence-electron chi connectivity index (χ3n) is 3.29. The minimum absolute atomic E-state index is 0.398. The van der Waals surface area contributed by atoms with Crippen molar-refractivity contribution < 1.29 is 14.7 Å². The van der Waals surface area contributed by atoms with Gasteiger partial charge in [0.1, 0.15) is 5.82 Å². The van der Waals surface area contributed by atoms with Crippen LogP contribution >= 0.6 is 0 Å². The van der Waals surface area contributed by atoms with Gasteiger partial charge in [-0.1, -0.05) is 25.1 Å². The Bertz CT molecular complexity index is 685. The number of nitrogens with one attached hydrogen (secondary N) is 1. The van der Waals surface area contributed by atoms with Crippen LogP contribution in [-0.4, -0.2) is 28.5 Å². The molecule has 1 atom stereocenters. The molecule has 110 valence electrons. The lowest BCUT2D eigenvalue weighted by atomic mass is 10.1. The fourth-order valence-electron chi connectivity index (χ4n) is 2.01. The average Bonchev–Trinajstić information content (AvgIpc) is 2.46. The third-order valence-corrected chi connectivity index (χ3v) is 3.29. The number of benzene rings is 1. The van der Waals surface area contributed by atoms with Gasteiger partial charge in [-0.05, 0) is 18.6 Å². The molecular formula is C15H17N3O3. The van der Waals surface area contributed by atoms with Gasteiger partial charge in [0.2, 0.25) is 5.91 Å². The number of anilines is 1. The number of para-hydroxylation sites is 1. The Balaban J connectivity index is 2.21. The summed E-state index contributed by atoms with van der Waals surface area (Å²) in [4.78, 5) is 26.7. The second kappa shape index (κ2) is 6.21. The largest absolute Gasteiger partial charge is 0.481 e. The molecule has 4 N–H and O–H groups in total. The highest BCUT2D eigenvalue weighted by atomic mass is 16.4. The number of pyridine rings is 1. The molecule has 0 aliphatic rings. The van der Waals surface area contributed by atoms with E-state index in [1.54, 1.807) is 25.1 Å². The number of nitrogens with two attached hydrogens (primary N) is 1. The van der Waals surface area contributed by atoms with Crippen LogP contribution < -0.4 is 11.1 Å². The highest BCUT2D eigenvalue weighted by molar-refractivity contribution is 6.06. The van der Waals surface area contributed by atoms with Crippen LogP contribution in [0.5, 0.6) is 0 Å². The van der Waals surface area contributed by atoms with Crippen molar-refractivity contribution in [2.75, 3.05) is 11.9 Å². The fourth-order valence-corrected chi connectivity index (χ4v) is 2.01. The molecule has 0 aliphatic heterocycles. The Hall–Kier alpha value is -2.63. The van der Waals surface area contributed by atoms with Crippen LogP contribution in [0, 0.1) is 5.92 Å². The second-order valence-electron chi connectivity index (χ2n) is 4.89. The number of carbonyl (C=O) groups excluding carboxylic acids is 1. The van der Waals surface area contributed by atoms with Crippen LogP contribution in [0.1, 0.15) is 23.7 Å². The van der Waals surface area contributed by atoms with E-state index in [1.807, 2.05) is 12.1 Å². The minimum Gasteiger partial charge on any atom is -0.481 e. The molecule has 0 saturated carbocycles. The number of nitrogens with zero attached hydrogens (tertiary/aromatic N) is 1. The zero-order valence-corrected chi connectivity index (χ0v) is 11.7. The normalized spacial score (nSPS) is 12.0. The van der Waals surface area contributed by atoms with E-state index < -0.39 is 17.8 Å². The van der Waals surface area contributed by atoms with Gasteiger partial charge in [-0.15, -0.1) is 0 Å². The van der Waals surface area contributed by atoms with Crippen LogP contribution in [0.25, 0.3) is 10.9 Å². The van der Waals surface area contributed by atoms with E-state index in [4.69, 9.17) is 10.8 Å². The summed E-state index contributed by atoms with van der Waals surface area (Å²) >= 11 is 0. The molecule has 0 radical (unpaired) electrons. The lowest BCUT2D eigenvalue weighted by molar-refractivity contribution is -0.141. The van der Waals surface area contributed by atoms with Crippen molar-refractivity contribution in [1.29, 1.82) is 0 Å². The van der Waals surface area contributed by atoms with E-state index in [0.29, 0.717) is 35.2 Å². The highest BCUT2D eigenvalue weighted by Gasteiger charge is 2.12. The van der Waals surface area contributed by atoms with Gasteiger partial charge in [-0.2, -0.15) is 0 Å². The maximum absolute atomic E-state index is 11.5. The van der Waals surface area contributed by atoms with Crippen molar-refractivity contribution in [3.8, 4) is 0 Å². The van der Waals surface area contributed by atoms with E-state index in [9.17, 15) is 9.59 Å². The summed E-state index contributed by atoms with van der Waals surface area (Å²) in [6.07, 6.45) is 0.468. The van der Waals surface area contributed by atoms with Crippen molar-refractivity contribution in [2.45, 2.75) is 13.3 Å². The number of rotatable bonds is 6. The summed E-state index contributed by atoms with van der Waals surface area (Å²) in [6, 6.07) is 8.83. The van der Waals surface area contributed by atoms with Crippen molar-refractivity contribution in [1.82, 2.24) is 4.98 Å². The standard InChI is InChI=1S/C15H17N3O3/c1-9(15(20)21)6-7-17-13-8-11(14(16)19)10-4-2-3-5-12(10)18-13/h2-5,8-9H,6-7H2,1H3,(H2,16,19)(H,17,18)(H,20,21). The minimum atomic E-state index is -0.832. The third kappa shape index (κ3) is 3.47. The van der Waals surface area contributed by atoms with Gasteiger partial charge in [-0.25, -0.2) is 4.98 Å². The van der Waals surface area contributed by atoms with Gasteiger partial charge in [0, 0.05) is 11.9 Å². The molecule has 0 saturated heterocycles. The van der Waals surface area contributed by atoms with Crippen molar-refractivity contribution in [3.63, 3.8) is 0 Å². The average molecular weight is 287 g/mol. The van der Waals surface area contributed by atoms with Crippen LogP contribution in [0.15, 0.2) is 30.3 Å². The lowest BCUT2D eigenvalue weighted by Gasteiger charge is -2.11. The Kier molecular flexibility index (Phi) is 4.37. The molecule has 0 spiro atoms. The number of fused-ring (bicyclic) bond motifs is 1. The van der Waals surface area contributed by atoms with Crippen LogP contribution in [0.3, 0.4) is 0 Å². The Morgan fingerprint density at radius 1 is 1.38 bits per heavy atom. The van der Waals surface area contributed by atoms with Crippen molar-refractivity contribution in [2.24, 2.45) is 11.7 Å². The van der Waals surface area contributed by atoms with Crippen LogP contribution in [0.4, 0.5) is 5.82 Å². The molecule has 21 heavy (non-hydrogen) atoms. The van der Waals surface area contributed by atoms with E-state index in [-0.39, 0.29) is 0 Å². The monoisotopic (exact) mass is 287 g/mol. The highest BCUT2D eigenvalue weighted by Crippen LogP contribution is 2.20. The summed E-state index contributed by atoms with van der Waals surface area (Å²) in [6.45, 7) is 2.10. The van der Waals surface area contributed by atoms with E-state index in [2.05, 4.69) is 10.3 Å². The smallest absolute Gasteiger partial charge is 0.306 e. The number of aromatic nitrogens is 1. The van der Waals surface area contributed by atoms with E-state index in [0.717, 1.165) is 0 Å². The number of hydrogen-bond donors (Lipinski definition) is 3. The SMILES string of the molecule is CC(CCNc1cc(C(N)=O)c2ccccc2n1)C(=O)O. The van der Waals surface area contributed by atoms with Gasteiger partial charge in [0.15, 0.2) is 0 Å². The fraction of sp³-hybridized carbons (Fsp3) is 0.267. The number of primary amides is 1. The molecule has 6 nitrogen and oxygen atoms in total. The summed E-state index contributed by atoms with van der Waals surface area (Å²) in [5, 5.41) is 12.6. The number of carboxylic acids is 1. The summed E-state index contributed by atoms with van der Waals surface area (Å²) in [5.41, 5.74) is 6.46. The van der Waals surface area contributed by atoms with Crippen LogP contribution in [-0.2, 0) is 4.79 Å². The molecular weight excluding hydrogens is 270 g/mol. The van der Waals surface area contributed by atoms with Crippen molar-refractivity contribution >= 4 is 28.6 Å². The predicted octanol–water partition coefficient (Wildman–Crippen LogP) is 1.86. The number of amides is 1. The summed E-state index contributed by atoms with van der Waals surface area (Å²) < 4.78 is 0. The molecule has 6 heteroatoms. The first-order chi connectivity index (χ1) is 9.99. The second-order valence-corrected chi connectivity index (χ2v) is 4.89. The molecule has 1 amide bonds. The first-order valence-corrected chi connectivity index (χ1v) is 6.65. The van der Waals surface area contributed by atoms with Gasteiger partial charge in [0.25, 0.3) is 0 Å². The molecule has 1 aromatic heterocycles. The maximum Gasteiger partial charge on any atom is 0.306 e. The topological polar surface area (TPSA) is 105 Å². The molecule has 2 aromatic rings. The molecule has 0 fully saturated rings. The zero-order chi connectivity index (χ0) is 15.4. The zero-order valence-electron chi connectivity index (χ0n) is 11.7. The number of carbonyl (C=O) groups is 2. The van der Waals surface area contributed by atoms with Crippen LogP contribution in [0.2, 0.25) is 0 Å². The number of carboxylic acid groups (broad SMARTS) is 1.